The Morgan fingerprint density at radius 3 is 2.42 bits per heavy atom. The van der Waals surface area contributed by atoms with Gasteiger partial charge >= 0.3 is 0 Å². The van der Waals surface area contributed by atoms with Crippen LogP contribution in [0.25, 0.3) is 0 Å². The Balaban J connectivity index is 2.88. The maximum atomic E-state index is 6.06. The highest BCUT2D eigenvalue weighted by Crippen LogP contribution is 2.65. The fraction of sp³-hybridized carbons (Fsp3) is 0.833. The zero-order chi connectivity index (χ0) is 9.52. The van der Waals surface area contributed by atoms with Crippen LogP contribution in [0.2, 0.25) is 0 Å². The van der Waals surface area contributed by atoms with Crippen molar-refractivity contribution in [2.24, 2.45) is 0 Å². The second kappa shape index (κ2) is 3.65. The quantitative estimate of drug-likeness (QED) is 0.658. The largest absolute Gasteiger partial charge is 0.278 e. The standard InChI is InChI=1S/C6H13ClNOP2S/c1-5-6(10(3)4)9-11(7,12)8(5)2/h5-6H,3H2,1-2,4H3/q+1. The van der Waals surface area contributed by atoms with Gasteiger partial charge in [-0.3, -0.25) is 4.52 Å². The molecule has 1 aliphatic rings. The molecule has 4 unspecified atom stereocenters. The number of hydrogen-bond donors (Lipinski definition) is 0. The lowest BCUT2D eigenvalue weighted by atomic mass is 10.4. The Morgan fingerprint density at radius 1 is 1.75 bits per heavy atom. The van der Waals surface area contributed by atoms with E-state index in [1.807, 2.05) is 11.7 Å². The molecule has 1 heterocycles. The van der Waals surface area contributed by atoms with Crippen molar-refractivity contribution >= 4 is 42.7 Å². The molecule has 0 saturated carbocycles. The van der Waals surface area contributed by atoms with Gasteiger partial charge in [-0.05, 0) is 37.0 Å². The van der Waals surface area contributed by atoms with Gasteiger partial charge in [-0.2, -0.15) is 0 Å². The van der Waals surface area contributed by atoms with Crippen molar-refractivity contribution in [3.63, 3.8) is 0 Å². The predicted octanol–water partition coefficient (Wildman–Crippen LogP) is 2.67. The third-order valence-electron chi connectivity index (χ3n) is 2.05. The van der Waals surface area contributed by atoms with E-state index in [0.29, 0.717) is 6.04 Å². The lowest BCUT2D eigenvalue weighted by molar-refractivity contribution is 0.304. The molecule has 6 heteroatoms. The molecule has 0 aromatic heterocycles. The summed E-state index contributed by atoms with van der Waals surface area (Å²) in [5.41, 5.74) is 0. The highest BCUT2D eigenvalue weighted by Gasteiger charge is 2.46. The normalized spacial score (nSPS) is 44.8. The second-order valence-electron chi connectivity index (χ2n) is 3.02. The number of hydrogen-bond acceptors (Lipinski definition) is 2. The minimum atomic E-state index is -2.19. The van der Waals surface area contributed by atoms with Gasteiger partial charge in [0, 0.05) is 0 Å². The number of rotatable bonds is 1. The molecule has 0 aromatic rings. The van der Waals surface area contributed by atoms with Crippen molar-refractivity contribution in [3.05, 3.63) is 0 Å². The molecule has 0 N–H and O–H groups in total. The van der Waals surface area contributed by atoms with Crippen molar-refractivity contribution in [1.82, 2.24) is 4.67 Å². The SMILES string of the molecule is C=[P+](C)C1OP(=S)(Cl)N(C)C1C. The lowest BCUT2D eigenvalue weighted by Crippen LogP contribution is -2.25. The first-order valence-electron chi connectivity index (χ1n) is 3.61. The number of likely N-dealkylation sites (N-methyl/N-ethyl adjacent to an activating group) is 1. The molecule has 1 fully saturated rings. The van der Waals surface area contributed by atoms with Crippen LogP contribution in [0.15, 0.2) is 0 Å². The summed E-state index contributed by atoms with van der Waals surface area (Å²) in [7, 11) is 1.56. The first-order chi connectivity index (χ1) is 5.36. The molecule has 0 aliphatic carbocycles. The summed E-state index contributed by atoms with van der Waals surface area (Å²) in [6.07, 6.45) is 4.00. The van der Waals surface area contributed by atoms with Crippen LogP contribution in [0, 0.1) is 0 Å². The van der Waals surface area contributed by atoms with E-state index in [2.05, 4.69) is 19.9 Å². The van der Waals surface area contributed by atoms with Gasteiger partial charge in [-0.1, -0.05) is 0 Å². The van der Waals surface area contributed by atoms with Crippen LogP contribution < -0.4 is 0 Å². The van der Waals surface area contributed by atoms with Crippen LogP contribution in [-0.2, 0) is 16.3 Å². The van der Waals surface area contributed by atoms with E-state index < -0.39 is 5.77 Å². The van der Waals surface area contributed by atoms with Gasteiger partial charge < -0.3 is 0 Å². The van der Waals surface area contributed by atoms with Crippen molar-refractivity contribution in [3.8, 4) is 0 Å². The highest BCUT2D eigenvalue weighted by atomic mass is 35.7. The molecule has 1 rings (SSSR count). The molecular weight excluding hydrogens is 232 g/mol. The second-order valence-corrected chi connectivity index (χ2v) is 10.2. The summed E-state index contributed by atoms with van der Waals surface area (Å²) in [6.45, 7) is 4.17. The van der Waals surface area contributed by atoms with Gasteiger partial charge in [0.2, 0.25) is 11.6 Å². The van der Waals surface area contributed by atoms with Crippen molar-refractivity contribution < 1.29 is 4.52 Å². The van der Waals surface area contributed by atoms with Crippen LogP contribution in [-0.4, -0.2) is 36.6 Å². The molecule has 1 aliphatic heterocycles. The number of nitrogens with zero attached hydrogens (tertiary/aromatic N) is 1. The molecule has 2 nitrogen and oxygen atoms in total. The molecule has 70 valence electrons. The summed E-state index contributed by atoms with van der Waals surface area (Å²) in [5, 5.41) is 0. The Morgan fingerprint density at radius 2 is 2.25 bits per heavy atom. The van der Waals surface area contributed by atoms with Crippen LogP contribution >= 0.6 is 24.6 Å². The van der Waals surface area contributed by atoms with Crippen LogP contribution in [0.3, 0.4) is 0 Å². The first kappa shape index (κ1) is 11.1. The van der Waals surface area contributed by atoms with Gasteiger partial charge in [-0.25, -0.2) is 4.67 Å². The van der Waals surface area contributed by atoms with E-state index in [-0.39, 0.29) is 13.4 Å². The molecule has 1 saturated heterocycles. The predicted molar refractivity (Wildman–Crippen MR) is 62.2 cm³/mol. The number of halogens is 1. The van der Waals surface area contributed by atoms with E-state index in [1.165, 1.54) is 0 Å². The monoisotopic (exact) mass is 244 g/mol. The third kappa shape index (κ3) is 1.92. The van der Waals surface area contributed by atoms with Gasteiger partial charge in [0.25, 0.3) is 0 Å². The molecule has 0 aromatic carbocycles. The van der Waals surface area contributed by atoms with E-state index in [9.17, 15) is 0 Å². The van der Waals surface area contributed by atoms with E-state index in [1.54, 1.807) is 0 Å². The summed E-state index contributed by atoms with van der Waals surface area (Å²) < 4.78 is 7.59. The van der Waals surface area contributed by atoms with Crippen LogP contribution in [0.4, 0.5) is 0 Å². The zero-order valence-corrected chi connectivity index (χ0v) is 10.8. The van der Waals surface area contributed by atoms with Crippen molar-refractivity contribution in [2.75, 3.05) is 13.7 Å². The summed E-state index contributed by atoms with van der Waals surface area (Å²) in [5.74, 6) is -2.04. The fourth-order valence-electron chi connectivity index (χ4n) is 1.15. The van der Waals surface area contributed by atoms with E-state index >= 15 is 0 Å². The zero-order valence-electron chi connectivity index (χ0n) is 7.40. The van der Waals surface area contributed by atoms with E-state index in [0.717, 1.165) is 0 Å². The Hall–Kier alpha value is 1.03. The summed E-state index contributed by atoms with van der Waals surface area (Å²) >= 11 is 11.2. The van der Waals surface area contributed by atoms with Gasteiger partial charge in [0.05, 0.1) is 19.0 Å². The van der Waals surface area contributed by atoms with Crippen molar-refractivity contribution in [1.29, 1.82) is 0 Å². The lowest BCUT2D eigenvalue weighted by Gasteiger charge is -2.16. The smallest absolute Gasteiger partial charge is 0.235 e. The molecule has 12 heavy (non-hydrogen) atoms. The molecule has 0 bridgehead atoms. The first-order valence-corrected chi connectivity index (χ1v) is 9.23. The van der Waals surface area contributed by atoms with Crippen molar-refractivity contribution in [2.45, 2.75) is 18.8 Å². The summed E-state index contributed by atoms with van der Waals surface area (Å²) in [6, 6.07) is 0.307. The molecule has 0 radical (unpaired) electrons. The minimum absolute atomic E-state index is 0.147. The maximum Gasteiger partial charge on any atom is 0.235 e. The average molecular weight is 245 g/mol. The van der Waals surface area contributed by atoms with Gasteiger partial charge in [0.1, 0.15) is 7.55 Å². The molecular formula is C6H13ClNOP2S+. The van der Waals surface area contributed by atoms with Gasteiger partial charge in [0.15, 0.2) is 0 Å². The Labute approximate surface area is 84.5 Å². The molecule has 4 atom stereocenters. The summed E-state index contributed by atoms with van der Waals surface area (Å²) in [4.78, 5) is 0. The third-order valence-corrected chi connectivity index (χ3v) is 7.21. The topological polar surface area (TPSA) is 12.5 Å². The minimum Gasteiger partial charge on any atom is -0.278 e. The van der Waals surface area contributed by atoms with Gasteiger partial charge in [-0.15, -0.1) is 0 Å². The maximum absolute atomic E-state index is 6.06. The molecule has 0 spiro atoms. The molecule has 0 amide bonds. The van der Waals surface area contributed by atoms with Crippen LogP contribution in [0.1, 0.15) is 6.92 Å². The highest BCUT2D eigenvalue weighted by molar-refractivity contribution is 8.23. The van der Waals surface area contributed by atoms with Crippen LogP contribution in [0.5, 0.6) is 0 Å². The fourth-order valence-corrected chi connectivity index (χ4v) is 6.14. The Kier molecular flexibility index (Phi) is 3.38. The Bertz CT molecular complexity index is 260. The van der Waals surface area contributed by atoms with E-state index in [4.69, 9.17) is 27.6 Å². The average Bonchev–Trinajstić information content (AvgIpc) is 2.14.